The van der Waals surface area contributed by atoms with E-state index in [9.17, 15) is 0 Å². The van der Waals surface area contributed by atoms with Crippen molar-refractivity contribution in [2.75, 3.05) is 0 Å². The number of rotatable bonds is 0. The predicted octanol–water partition coefficient (Wildman–Crippen LogP) is 2.28. The third kappa shape index (κ3) is 8.83. The summed E-state index contributed by atoms with van der Waals surface area (Å²) in [5.41, 5.74) is 0. The number of hydrogen-bond acceptors (Lipinski definition) is 0. The van der Waals surface area contributed by atoms with E-state index in [1.807, 2.05) is 0 Å². The molecule has 0 aromatic carbocycles. The van der Waals surface area contributed by atoms with Crippen LogP contribution in [0.15, 0.2) is 0 Å². The van der Waals surface area contributed by atoms with Gasteiger partial charge < -0.3 is 0 Å². The number of halogens is 3. The normalized spacial score (nSPS) is 9.00. The Labute approximate surface area is 63.3 Å². The van der Waals surface area contributed by atoms with Gasteiger partial charge in [-0.2, -0.15) is 0 Å². The Morgan fingerprint density at radius 3 is 1.00 bits per heavy atom. The summed E-state index contributed by atoms with van der Waals surface area (Å²) in [6.07, 6.45) is 0. The van der Waals surface area contributed by atoms with Crippen LogP contribution in [0.3, 0.4) is 0 Å². The molecular weight excluding hydrogens is 457 g/mol. The molecule has 0 aromatic rings. The molecule has 0 atom stereocenters. The third-order valence-electron chi connectivity index (χ3n) is 0. The monoisotopic (exact) mass is 457 g/mol. The Kier molecular flexibility index (Phi) is 6.62. The maximum absolute atomic E-state index is 2.46. The van der Waals surface area contributed by atoms with Crippen LogP contribution in [0.25, 0.3) is 0 Å². The van der Waals surface area contributed by atoms with E-state index in [1.165, 1.54) is 0 Å². The quantitative estimate of drug-likeness (QED) is 0.388. The molecule has 0 nitrogen and oxygen atoms in total. The summed E-state index contributed by atoms with van der Waals surface area (Å²) in [7, 11) is 0. The Balaban J connectivity index is 2.32. The van der Waals surface area contributed by atoms with Gasteiger partial charge in [-0.25, -0.2) is 0 Å². The van der Waals surface area contributed by atoms with Crippen molar-refractivity contribution in [3.05, 3.63) is 0 Å². The molecule has 0 radical (unpaired) electrons. The molecule has 4 heavy (non-hydrogen) atoms. The van der Waals surface area contributed by atoms with Crippen molar-refractivity contribution in [2.24, 2.45) is 0 Å². The summed E-state index contributed by atoms with van der Waals surface area (Å²) in [6, 6.07) is 0. The van der Waals surface area contributed by atoms with Gasteiger partial charge in [-0.3, -0.25) is 0 Å². The van der Waals surface area contributed by atoms with Gasteiger partial charge in [0.15, 0.2) is 0 Å². The van der Waals surface area contributed by atoms with Gasteiger partial charge in [0, 0.05) is 0 Å². The van der Waals surface area contributed by atoms with Crippen molar-refractivity contribution in [3.8, 4) is 0 Å². The fourth-order valence-electron chi connectivity index (χ4n) is 0. The molecule has 0 fully saturated rings. The molecule has 0 bridgehead atoms. The van der Waals surface area contributed by atoms with Gasteiger partial charge in [0.1, 0.15) is 0 Å². The zero-order valence-corrected chi connectivity index (χ0v) is 9.93. The molecule has 0 N–H and O–H groups in total. The molecule has 0 saturated heterocycles. The van der Waals surface area contributed by atoms with E-state index in [0.717, 1.165) is 0 Å². The van der Waals surface area contributed by atoms with Gasteiger partial charge in [-0.15, -0.1) is 0 Å². The Bertz CT molecular complexity index is 8.00. The van der Waals surface area contributed by atoms with Gasteiger partial charge >= 0.3 is 65.0 Å². The summed E-state index contributed by atoms with van der Waals surface area (Å²) >= 11 is 7.39. The van der Waals surface area contributed by atoms with Crippen molar-refractivity contribution in [1.82, 2.24) is 0 Å². The van der Waals surface area contributed by atoms with Crippen LogP contribution in [-0.2, 0) is 0 Å². The molecule has 0 aliphatic carbocycles. The molecular formula is AsI3. The van der Waals surface area contributed by atoms with Crippen molar-refractivity contribution < 1.29 is 0 Å². The van der Waals surface area contributed by atoms with Crippen LogP contribution in [0, 0.1) is 0 Å². The summed E-state index contributed by atoms with van der Waals surface area (Å²) < 4.78 is -0.278. The van der Waals surface area contributed by atoms with Crippen LogP contribution < -0.4 is 0 Å². The zero-order chi connectivity index (χ0) is 3.58. The minimum absolute atomic E-state index is 0.278. The van der Waals surface area contributed by atoms with E-state index in [4.69, 9.17) is 0 Å². The molecule has 0 aliphatic rings. The van der Waals surface area contributed by atoms with Gasteiger partial charge in [0.25, 0.3) is 0 Å². The Morgan fingerprint density at radius 1 is 1.00 bits per heavy atom. The molecule has 0 rings (SSSR count). The standard InChI is InChI=1S/AsI3/c2-1(3)4/i1+1. The summed E-state index contributed by atoms with van der Waals surface area (Å²) in [4.78, 5) is 0. The third-order valence-corrected chi connectivity index (χ3v) is 0. The first-order valence-electron chi connectivity index (χ1n) is 0.507. The van der Waals surface area contributed by atoms with Crippen molar-refractivity contribution in [3.63, 3.8) is 0 Å². The van der Waals surface area contributed by atoms with Crippen LogP contribution in [0.4, 0.5) is 0 Å². The van der Waals surface area contributed by atoms with E-state index in [2.05, 4.69) is 60.4 Å². The first kappa shape index (κ1) is 6.75. The number of hydrogen-bond donors (Lipinski definition) is 0. The van der Waals surface area contributed by atoms with Gasteiger partial charge in [-0.1, -0.05) is 0 Å². The first-order valence-corrected chi connectivity index (χ1v) is 17.7. The Hall–Kier alpha value is 2.75. The van der Waals surface area contributed by atoms with Gasteiger partial charge in [0.05, 0.1) is 0 Å². The van der Waals surface area contributed by atoms with Crippen molar-refractivity contribution in [1.29, 1.82) is 0 Å². The van der Waals surface area contributed by atoms with E-state index in [0.29, 0.717) is 0 Å². The average Bonchev–Trinajstić information content (AvgIpc) is 0.811. The minimum atomic E-state index is -0.278. The Morgan fingerprint density at radius 2 is 1.00 bits per heavy atom. The second-order valence-electron chi connectivity index (χ2n) is 0.192. The second kappa shape index (κ2) is 3.92. The molecule has 0 amide bonds. The summed E-state index contributed by atoms with van der Waals surface area (Å²) in [5.74, 6) is 0. The van der Waals surface area contributed by atoms with Crippen LogP contribution in [-0.4, -0.2) is 4.61 Å². The SMILES string of the molecule is I[76As](I)I. The maximum atomic E-state index is 2.46. The predicted molar refractivity (Wildman–Crippen MR) is 47.8 cm³/mol. The summed E-state index contributed by atoms with van der Waals surface area (Å²) in [6.45, 7) is 0. The average molecular weight is 457 g/mol. The molecule has 0 heterocycles. The van der Waals surface area contributed by atoms with Crippen molar-refractivity contribution >= 4 is 65.0 Å². The van der Waals surface area contributed by atoms with Crippen LogP contribution in [0.2, 0.25) is 0 Å². The second-order valence-corrected chi connectivity index (χ2v) is 44.8. The van der Waals surface area contributed by atoms with E-state index < -0.39 is 0 Å². The zero-order valence-electron chi connectivity index (χ0n) is 1.58. The topological polar surface area (TPSA) is 0 Å². The van der Waals surface area contributed by atoms with Crippen molar-refractivity contribution in [2.45, 2.75) is 0 Å². The fraction of sp³-hybridized carbons (Fsp3) is 0. The molecule has 0 unspecified atom stereocenters. The van der Waals surface area contributed by atoms with Crippen LogP contribution in [0.1, 0.15) is 0 Å². The van der Waals surface area contributed by atoms with E-state index >= 15 is 0 Å². The van der Waals surface area contributed by atoms with Crippen LogP contribution in [0.5, 0.6) is 0 Å². The molecule has 0 aliphatic heterocycles. The van der Waals surface area contributed by atoms with Crippen LogP contribution >= 0.6 is 60.4 Å². The van der Waals surface area contributed by atoms with E-state index in [1.54, 1.807) is 0 Å². The van der Waals surface area contributed by atoms with Gasteiger partial charge in [0.2, 0.25) is 0 Å². The summed E-state index contributed by atoms with van der Waals surface area (Å²) in [5, 5.41) is 0. The molecule has 0 saturated carbocycles. The molecule has 0 aromatic heterocycles. The first-order chi connectivity index (χ1) is 1.73. The van der Waals surface area contributed by atoms with Gasteiger partial charge in [-0.05, 0) is 0 Å². The molecule has 4 heteroatoms. The van der Waals surface area contributed by atoms with E-state index in [-0.39, 0.29) is 4.61 Å². The fourth-order valence-corrected chi connectivity index (χ4v) is 0. The molecule has 26 valence electrons. The molecule has 0 spiro atoms.